The zero-order valence-corrected chi connectivity index (χ0v) is 18.8. The SMILES string of the molecule is CCC(Sc1nnc2cc(C)c3cccc(C)c3n12)C(=O)Nc1ccc(Br)cc1. The second kappa shape index (κ2) is 8.16. The Morgan fingerprint density at radius 2 is 1.90 bits per heavy atom. The standard InChI is InChI=1S/C22H21BrN4OS/c1-4-18(21(28)24-16-10-8-15(23)9-11-16)29-22-26-25-19-12-14(3)17-7-5-6-13(2)20(17)27(19)22/h5-12,18H,4H2,1-3H3,(H,24,28). The highest BCUT2D eigenvalue weighted by molar-refractivity contribution is 9.10. The number of aryl methyl sites for hydroxylation is 2. The van der Waals surface area contributed by atoms with Crippen LogP contribution in [0.25, 0.3) is 16.6 Å². The Balaban J connectivity index is 1.69. The van der Waals surface area contributed by atoms with E-state index in [0.717, 1.165) is 32.0 Å². The molecule has 0 fully saturated rings. The van der Waals surface area contributed by atoms with E-state index in [1.165, 1.54) is 22.7 Å². The molecule has 0 aliphatic heterocycles. The number of pyridine rings is 1. The molecular formula is C22H21BrN4OS. The van der Waals surface area contributed by atoms with E-state index >= 15 is 0 Å². The number of benzene rings is 2. The smallest absolute Gasteiger partial charge is 0.237 e. The van der Waals surface area contributed by atoms with Crippen LogP contribution in [0.2, 0.25) is 0 Å². The molecule has 0 saturated carbocycles. The van der Waals surface area contributed by atoms with Gasteiger partial charge in [0, 0.05) is 15.5 Å². The van der Waals surface area contributed by atoms with Crippen LogP contribution >= 0.6 is 27.7 Å². The molecule has 0 saturated heterocycles. The van der Waals surface area contributed by atoms with Gasteiger partial charge in [-0.15, -0.1) is 10.2 Å². The number of nitrogens with zero attached hydrogens (tertiary/aromatic N) is 3. The fourth-order valence-corrected chi connectivity index (χ4v) is 4.64. The molecule has 2 aromatic heterocycles. The molecule has 5 nitrogen and oxygen atoms in total. The van der Waals surface area contributed by atoms with E-state index < -0.39 is 0 Å². The van der Waals surface area contributed by atoms with Crippen molar-refractivity contribution >= 4 is 55.8 Å². The molecule has 7 heteroatoms. The summed E-state index contributed by atoms with van der Waals surface area (Å²) in [5, 5.41) is 13.4. The van der Waals surface area contributed by atoms with Crippen molar-refractivity contribution in [1.82, 2.24) is 14.6 Å². The number of rotatable bonds is 5. The normalized spacial score (nSPS) is 12.4. The molecular weight excluding hydrogens is 448 g/mol. The molecule has 2 aromatic carbocycles. The monoisotopic (exact) mass is 468 g/mol. The Bertz CT molecular complexity index is 1200. The molecule has 0 aliphatic rings. The predicted octanol–water partition coefficient (Wildman–Crippen LogP) is 5.77. The summed E-state index contributed by atoms with van der Waals surface area (Å²) >= 11 is 4.87. The van der Waals surface area contributed by atoms with Gasteiger partial charge in [0.25, 0.3) is 0 Å². The lowest BCUT2D eigenvalue weighted by Gasteiger charge is -2.15. The third-order valence-corrected chi connectivity index (χ3v) is 6.75. The third-order valence-electron chi connectivity index (χ3n) is 4.91. The summed E-state index contributed by atoms with van der Waals surface area (Å²) in [6, 6.07) is 15.9. The van der Waals surface area contributed by atoms with Gasteiger partial charge in [0.15, 0.2) is 10.8 Å². The van der Waals surface area contributed by atoms with Crippen molar-refractivity contribution < 1.29 is 4.79 Å². The topological polar surface area (TPSA) is 59.3 Å². The summed E-state index contributed by atoms with van der Waals surface area (Å²) in [6.07, 6.45) is 0.685. The largest absolute Gasteiger partial charge is 0.325 e. The number of carbonyl (C=O) groups excluding carboxylic acids is 1. The molecule has 1 atom stereocenters. The highest BCUT2D eigenvalue weighted by atomic mass is 79.9. The summed E-state index contributed by atoms with van der Waals surface area (Å²) in [7, 11) is 0. The van der Waals surface area contributed by atoms with Crippen molar-refractivity contribution in [1.29, 1.82) is 0 Å². The molecule has 1 N–H and O–H groups in total. The minimum atomic E-state index is -0.272. The van der Waals surface area contributed by atoms with Crippen molar-refractivity contribution in [2.45, 2.75) is 37.6 Å². The highest BCUT2D eigenvalue weighted by Crippen LogP contribution is 2.31. The number of nitrogens with one attached hydrogen (secondary N) is 1. The predicted molar refractivity (Wildman–Crippen MR) is 123 cm³/mol. The van der Waals surface area contributed by atoms with Gasteiger partial charge in [-0.2, -0.15) is 0 Å². The lowest BCUT2D eigenvalue weighted by atomic mass is 10.1. The molecule has 0 radical (unpaired) electrons. The van der Waals surface area contributed by atoms with Gasteiger partial charge in [-0.1, -0.05) is 52.8 Å². The number of anilines is 1. The average Bonchev–Trinajstić information content (AvgIpc) is 3.10. The Morgan fingerprint density at radius 1 is 1.14 bits per heavy atom. The number of aromatic nitrogens is 3. The number of thioether (sulfide) groups is 1. The minimum absolute atomic E-state index is 0.0373. The van der Waals surface area contributed by atoms with Crippen LogP contribution < -0.4 is 5.32 Å². The van der Waals surface area contributed by atoms with Crippen LogP contribution in [0.15, 0.2) is 58.2 Å². The van der Waals surface area contributed by atoms with Gasteiger partial charge in [0.05, 0.1) is 10.8 Å². The molecule has 4 aromatic rings. The van der Waals surface area contributed by atoms with Gasteiger partial charge in [0.2, 0.25) is 5.91 Å². The van der Waals surface area contributed by atoms with Crippen molar-refractivity contribution in [3.63, 3.8) is 0 Å². The van der Waals surface area contributed by atoms with Crippen molar-refractivity contribution in [2.75, 3.05) is 5.32 Å². The van der Waals surface area contributed by atoms with Crippen LogP contribution in [0.4, 0.5) is 5.69 Å². The fraction of sp³-hybridized carbons (Fsp3) is 0.227. The number of halogens is 1. The summed E-state index contributed by atoms with van der Waals surface area (Å²) in [4.78, 5) is 12.9. The number of amides is 1. The highest BCUT2D eigenvalue weighted by Gasteiger charge is 2.22. The number of hydrogen-bond donors (Lipinski definition) is 1. The Morgan fingerprint density at radius 3 is 2.62 bits per heavy atom. The molecule has 0 spiro atoms. The molecule has 0 bridgehead atoms. The van der Waals surface area contributed by atoms with Gasteiger partial charge >= 0.3 is 0 Å². The van der Waals surface area contributed by atoms with Crippen LogP contribution in [0, 0.1) is 13.8 Å². The van der Waals surface area contributed by atoms with Crippen LogP contribution in [0.3, 0.4) is 0 Å². The van der Waals surface area contributed by atoms with Gasteiger partial charge in [0.1, 0.15) is 0 Å². The summed E-state index contributed by atoms with van der Waals surface area (Å²) < 4.78 is 3.04. The molecule has 148 valence electrons. The van der Waals surface area contributed by atoms with Crippen LogP contribution in [-0.4, -0.2) is 25.8 Å². The molecule has 4 rings (SSSR count). The van der Waals surface area contributed by atoms with Crippen molar-refractivity contribution in [3.8, 4) is 0 Å². The zero-order chi connectivity index (χ0) is 20.5. The van der Waals surface area contributed by atoms with Crippen LogP contribution in [0.5, 0.6) is 0 Å². The first-order valence-electron chi connectivity index (χ1n) is 9.45. The first-order valence-corrected chi connectivity index (χ1v) is 11.1. The van der Waals surface area contributed by atoms with E-state index in [9.17, 15) is 4.79 Å². The maximum absolute atomic E-state index is 12.9. The van der Waals surface area contributed by atoms with Crippen molar-refractivity contribution in [2.24, 2.45) is 0 Å². The fourth-order valence-electron chi connectivity index (χ4n) is 3.41. The van der Waals surface area contributed by atoms with Gasteiger partial charge in [-0.05, 0) is 61.7 Å². The third kappa shape index (κ3) is 3.89. The van der Waals surface area contributed by atoms with Gasteiger partial charge in [-0.25, -0.2) is 0 Å². The maximum Gasteiger partial charge on any atom is 0.237 e. The Kier molecular flexibility index (Phi) is 5.61. The number of para-hydroxylation sites is 1. The lowest BCUT2D eigenvalue weighted by molar-refractivity contribution is -0.115. The van der Waals surface area contributed by atoms with Crippen molar-refractivity contribution in [3.05, 3.63) is 64.1 Å². The second-order valence-corrected chi connectivity index (χ2v) is 9.07. The second-order valence-electron chi connectivity index (χ2n) is 6.99. The van der Waals surface area contributed by atoms with E-state index in [-0.39, 0.29) is 11.2 Å². The van der Waals surface area contributed by atoms with Crippen LogP contribution in [-0.2, 0) is 4.79 Å². The van der Waals surface area contributed by atoms with Crippen LogP contribution in [0.1, 0.15) is 24.5 Å². The lowest BCUT2D eigenvalue weighted by Crippen LogP contribution is -2.24. The first-order chi connectivity index (χ1) is 14.0. The quantitative estimate of drug-likeness (QED) is 0.377. The Hall–Kier alpha value is -2.38. The van der Waals surface area contributed by atoms with E-state index in [0.29, 0.717) is 6.42 Å². The maximum atomic E-state index is 12.9. The molecule has 2 heterocycles. The summed E-state index contributed by atoms with van der Waals surface area (Å²) in [5.74, 6) is -0.0373. The molecule has 29 heavy (non-hydrogen) atoms. The van der Waals surface area contributed by atoms with E-state index in [2.05, 4.69) is 67.9 Å². The number of fused-ring (bicyclic) bond motifs is 3. The summed E-state index contributed by atoms with van der Waals surface area (Å²) in [5.41, 5.74) is 5.00. The summed E-state index contributed by atoms with van der Waals surface area (Å²) in [6.45, 7) is 6.19. The number of carbonyl (C=O) groups is 1. The number of hydrogen-bond acceptors (Lipinski definition) is 4. The Labute approximate surface area is 182 Å². The molecule has 1 unspecified atom stereocenters. The van der Waals surface area contributed by atoms with E-state index in [1.807, 2.05) is 37.3 Å². The molecule has 0 aliphatic carbocycles. The minimum Gasteiger partial charge on any atom is -0.325 e. The van der Waals surface area contributed by atoms with Gasteiger partial charge in [-0.3, -0.25) is 9.20 Å². The first kappa shape index (κ1) is 19.9. The van der Waals surface area contributed by atoms with Gasteiger partial charge < -0.3 is 5.32 Å². The average molecular weight is 469 g/mol. The van der Waals surface area contributed by atoms with E-state index in [4.69, 9.17) is 0 Å². The zero-order valence-electron chi connectivity index (χ0n) is 16.4. The molecule has 1 amide bonds. The van der Waals surface area contributed by atoms with E-state index in [1.54, 1.807) is 0 Å².